The topological polar surface area (TPSA) is 75.2 Å². The van der Waals surface area contributed by atoms with Gasteiger partial charge in [0.1, 0.15) is 10.8 Å². The number of nitrogens with one attached hydrogen (secondary N) is 1. The number of hydrogen-bond donors (Lipinski definition) is 1. The van der Waals surface area contributed by atoms with E-state index in [0.717, 1.165) is 0 Å². The fourth-order valence-corrected chi connectivity index (χ4v) is 1.20. The Morgan fingerprint density at radius 1 is 1.41 bits per heavy atom. The molecule has 7 heteroatoms. The van der Waals surface area contributed by atoms with Crippen molar-refractivity contribution >= 4 is 23.4 Å². The van der Waals surface area contributed by atoms with Crippen molar-refractivity contribution in [1.29, 1.82) is 0 Å². The minimum atomic E-state index is -0.397. The van der Waals surface area contributed by atoms with Crippen LogP contribution in [-0.4, -0.2) is 47.3 Å². The standard InChI is InChI=1S/C10H13ClN4O2/c1-15(2)9(16)3-4-13-10(17)7-5-12-6-8(11)14-7/h5-6H,3-4H2,1-2H3,(H,13,17). The average molecular weight is 257 g/mol. The molecule has 0 unspecified atom stereocenters. The normalized spacial score (nSPS) is 9.82. The summed E-state index contributed by atoms with van der Waals surface area (Å²) in [6.45, 7) is 0.254. The highest BCUT2D eigenvalue weighted by molar-refractivity contribution is 6.29. The summed E-state index contributed by atoms with van der Waals surface area (Å²) in [5, 5.41) is 2.72. The van der Waals surface area contributed by atoms with Crippen molar-refractivity contribution in [3.8, 4) is 0 Å². The summed E-state index contributed by atoms with van der Waals surface area (Å²) in [5.74, 6) is -0.450. The molecule has 0 aliphatic rings. The van der Waals surface area contributed by atoms with Gasteiger partial charge in [-0.05, 0) is 0 Å². The summed E-state index contributed by atoms with van der Waals surface area (Å²) in [7, 11) is 3.32. The van der Waals surface area contributed by atoms with Gasteiger partial charge in [-0.25, -0.2) is 4.98 Å². The lowest BCUT2D eigenvalue weighted by Crippen LogP contribution is -2.30. The minimum absolute atomic E-state index is 0.0533. The zero-order chi connectivity index (χ0) is 12.8. The van der Waals surface area contributed by atoms with Gasteiger partial charge in [0.25, 0.3) is 5.91 Å². The second kappa shape index (κ2) is 6.15. The maximum absolute atomic E-state index is 11.6. The van der Waals surface area contributed by atoms with E-state index >= 15 is 0 Å². The summed E-state index contributed by atoms with van der Waals surface area (Å²) in [5.41, 5.74) is 0.134. The number of aromatic nitrogens is 2. The average Bonchev–Trinajstić information content (AvgIpc) is 2.28. The second-order valence-corrected chi connectivity index (χ2v) is 3.91. The molecule has 1 rings (SSSR count). The van der Waals surface area contributed by atoms with Crippen LogP contribution < -0.4 is 5.32 Å². The van der Waals surface area contributed by atoms with E-state index in [1.165, 1.54) is 17.3 Å². The highest BCUT2D eigenvalue weighted by atomic mass is 35.5. The summed E-state index contributed by atoms with van der Waals surface area (Å²) >= 11 is 5.60. The summed E-state index contributed by atoms with van der Waals surface area (Å²) in [6, 6.07) is 0. The molecule has 0 saturated heterocycles. The van der Waals surface area contributed by atoms with Gasteiger partial charge >= 0.3 is 0 Å². The van der Waals surface area contributed by atoms with Gasteiger partial charge in [-0.2, -0.15) is 0 Å². The van der Waals surface area contributed by atoms with E-state index in [-0.39, 0.29) is 29.7 Å². The lowest BCUT2D eigenvalue weighted by molar-refractivity contribution is -0.128. The molecule has 0 bridgehead atoms. The fraction of sp³-hybridized carbons (Fsp3) is 0.400. The monoisotopic (exact) mass is 256 g/mol. The molecule has 0 aliphatic heterocycles. The Hall–Kier alpha value is -1.69. The molecular weight excluding hydrogens is 244 g/mol. The molecule has 2 amide bonds. The molecule has 0 aromatic carbocycles. The smallest absolute Gasteiger partial charge is 0.271 e. The highest BCUT2D eigenvalue weighted by Gasteiger charge is 2.09. The summed E-state index contributed by atoms with van der Waals surface area (Å²) in [4.78, 5) is 31.8. The number of carbonyl (C=O) groups excluding carboxylic acids is 2. The van der Waals surface area contributed by atoms with E-state index < -0.39 is 5.91 Å². The molecule has 1 N–H and O–H groups in total. The van der Waals surface area contributed by atoms with Crippen LogP contribution >= 0.6 is 11.6 Å². The third-order valence-electron chi connectivity index (χ3n) is 1.96. The quantitative estimate of drug-likeness (QED) is 0.843. The lowest BCUT2D eigenvalue weighted by atomic mass is 10.3. The van der Waals surface area contributed by atoms with Crippen LogP contribution in [0.3, 0.4) is 0 Å². The molecule has 1 heterocycles. The predicted octanol–water partition coefficient (Wildman–Crippen LogP) is 0.338. The number of nitrogens with zero attached hydrogens (tertiary/aromatic N) is 3. The molecule has 1 aromatic rings. The summed E-state index contributed by atoms with van der Waals surface area (Å²) in [6.07, 6.45) is 2.90. The molecular formula is C10H13ClN4O2. The van der Waals surface area contributed by atoms with Crippen molar-refractivity contribution in [1.82, 2.24) is 20.2 Å². The predicted molar refractivity (Wildman–Crippen MR) is 62.7 cm³/mol. The van der Waals surface area contributed by atoms with Crippen LogP contribution in [0.1, 0.15) is 16.9 Å². The van der Waals surface area contributed by atoms with Gasteiger partial charge in [-0.1, -0.05) is 11.6 Å². The first-order valence-electron chi connectivity index (χ1n) is 4.96. The van der Waals surface area contributed by atoms with Crippen molar-refractivity contribution < 1.29 is 9.59 Å². The SMILES string of the molecule is CN(C)C(=O)CCNC(=O)c1cncc(Cl)n1. The number of carbonyl (C=O) groups is 2. The van der Waals surface area contributed by atoms with Crippen molar-refractivity contribution in [2.45, 2.75) is 6.42 Å². The van der Waals surface area contributed by atoms with E-state index in [1.807, 2.05) is 0 Å². The molecule has 0 fully saturated rings. The number of halogens is 1. The molecule has 0 atom stereocenters. The Bertz CT molecular complexity index is 423. The Balaban J connectivity index is 2.43. The first kappa shape index (κ1) is 13.4. The van der Waals surface area contributed by atoms with Crippen LogP contribution in [0.2, 0.25) is 5.15 Å². The highest BCUT2D eigenvalue weighted by Crippen LogP contribution is 2.02. The zero-order valence-electron chi connectivity index (χ0n) is 9.61. The van der Waals surface area contributed by atoms with Gasteiger partial charge in [0, 0.05) is 27.1 Å². The zero-order valence-corrected chi connectivity index (χ0v) is 10.4. The third kappa shape index (κ3) is 4.36. The van der Waals surface area contributed by atoms with E-state index in [2.05, 4.69) is 15.3 Å². The van der Waals surface area contributed by atoms with Gasteiger partial charge in [0.2, 0.25) is 5.91 Å². The number of hydrogen-bond acceptors (Lipinski definition) is 4. The first-order chi connectivity index (χ1) is 8.00. The van der Waals surface area contributed by atoms with Crippen LogP contribution in [0.4, 0.5) is 0 Å². The van der Waals surface area contributed by atoms with Gasteiger partial charge in [0.05, 0.1) is 12.4 Å². The molecule has 92 valence electrons. The third-order valence-corrected chi connectivity index (χ3v) is 2.14. The van der Waals surface area contributed by atoms with Crippen molar-refractivity contribution in [2.75, 3.05) is 20.6 Å². The van der Waals surface area contributed by atoms with E-state index in [0.29, 0.717) is 0 Å². The van der Waals surface area contributed by atoms with Gasteiger partial charge < -0.3 is 10.2 Å². The lowest BCUT2D eigenvalue weighted by Gasteiger charge is -2.10. The van der Waals surface area contributed by atoms with Crippen LogP contribution in [0.15, 0.2) is 12.4 Å². The number of amides is 2. The molecule has 17 heavy (non-hydrogen) atoms. The van der Waals surface area contributed by atoms with Gasteiger partial charge in [-0.15, -0.1) is 0 Å². The molecule has 6 nitrogen and oxygen atoms in total. The van der Waals surface area contributed by atoms with Crippen molar-refractivity contribution in [2.24, 2.45) is 0 Å². The minimum Gasteiger partial charge on any atom is -0.350 e. The number of rotatable bonds is 4. The van der Waals surface area contributed by atoms with Crippen molar-refractivity contribution in [3.63, 3.8) is 0 Å². The largest absolute Gasteiger partial charge is 0.350 e. The molecule has 0 spiro atoms. The van der Waals surface area contributed by atoms with Crippen molar-refractivity contribution in [3.05, 3.63) is 23.2 Å². The van der Waals surface area contributed by atoms with Gasteiger partial charge in [0.15, 0.2) is 0 Å². The van der Waals surface area contributed by atoms with Crippen LogP contribution in [0, 0.1) is 0 Å². The fourth-order valence-electron chi connectivity index (χ4n) is 1.05. The first-order valence-corrected chi connectivity index (χ1v) is 5.34. The molecule has 1 aromatic heterocycles. The van der Waals surface area contributed by atoms with E-state index in [1.54, 1.807) is 14.1 Å². The Morgan fingerprint density at radius 3 is 2.71 bits per heavy atom. The second-order valence-electron chi connectivity index (χ2n) is 3.52. The maximum Gasteiger partial charge on any atom is 0.271 e. The molecule has 0 saturated carbocycles. The van der Waals surface area contributed by atoms with Gasteiger partial charge in [-0.3, -0.25) is 14.6 Å². The summed E-state index contributed by atoms with van der Waals surface area (Å²) < 4.78 is 0. The van der Waals surface area contributed by atoms with E-state index in [4.69, 9.17) is 11.6 Å². The van der Waals surface area contributed by atoms with Crippen LogP contribution in [0.25, 0.3) is 0 Å². The van der Waals surface area contributed by atoms with Crippen LogP contribution in [-0.2, 0) is 4.79 Å². The molecule has 0 radical (unpaired) electrons. The Morgan fingerprint density at radius 2 is 2.12 bits per heavy atom. The van der Waals surface area contributed by atoms with E-state index in [9.17, 15) is 9.59 Å². The Labute approximate surface area is 104 Å². The Kier molecular flexibility index (Phi) is 4.84. The maximum atomic E-state index is 11.6. The van der Waals surface area contributed by atoms with Crippen LogP contribution in [0.5, 0.6) is 0 Å². The molecule has 0 aliphatic carbocycles.